The highest BCUT2D eigenvalue weighted by Gasteiger charge is 2.47. The number of halogens is 2. The predicted molar refractivity (Wildman–Crippen MR) is 115 cm³/mol. The second-order valence-corrected chi connectivity index (χ2v) is 8.38. The number of aliphatic carboxylic acids is 1. The molecular formula is C24H24F2N2O5. The van der Waals surface area contributed by atoms with Crippen LogP contribution >= 0.6 is 0 Å². The highest BCUT2D eigenvalue weighted by Crippen LogP contribution is 2.44. The Bertz CT molecular complexity index is 1020. The summed E-state index contributed by atoms with van der Waals surface area (Å²) in [6.07, 6.45) is -3.83. The van der Waals surface area contributed by atoms with Crippen LogP contribution in [0.5, 0.6) is 0 Å². The topological polar surface area (TPSA) is 105 Å². The van der Waals surface area contributed by atoms with Gasteiger partial charge in [-0.25, -0.2) is 18.4 Å². The first-order valence-electron chi connectivity index (χ1n) is 10.8. The predicted octanol–water partition coefficient (Wildman–Crippen LogP) is 3.67. The highest BCUT2D eigenvalue weighted by molar-refractivity contribution is 5.92. The van der Waals surface area contributed by atoms with Crippen molar-refractivity contribution >= 4 is 18.0 Å². The number of ether oxygens (including phenoxy) is 1. The first kappa shape index (κ1) is 22.7. The van der Waals surface area contributed by atoms with E-state index in [9.17, 15) is 28.3 Å². The van der Waals surface area contributed by atoms with Gasteiger partial charge in [0.1, 0.15) is 18.2 Å². The third-order valence-corrected chi connectivity index (χ3v) is 6.35. The van der Waals surface area contributed by atoms with Crippen LogP contribution in [0.2, 0.25) is 0 Å². The van der Waals surface area contributed by atoms with Gasteiger partial charge in [0.15, 0.2) is 0 Å². The van der Waals surface area contributed by atoms with Crippen molar-refractivity contribution in [3.63, 3.8) is 0 Å². The zero-order chi connectivity index (χ0) is 23.6. The largest absolute Gasteiger partial charge is 0.480 e. The van der Waals surface area contributed by atoms with Crippen LogP contribution in [-0.2, 0) is 14.3 Å². The molecule has 174 valence electrons. The molecule has 4 rings (SSSR count). The molecule has 9 heteroatoms. The van der Waals surface area contributed by atoms with Crippen LogP contribution in [0, 0.1) is 0 Å². The van der Waals surface area contributed by atoms with Crippen LogP contribution in [-0.4, -0.2) is 47.7 Å². The van der Waals surface area contributed by atoms with Gasteiger partial charge in [-0.05, 0) is 41.5 Å². The molecule has 7 nitrogen and oxygen atoms in total. The number of carbonyl (C=O) groups excluding carboxylic acids is 2. The minimum absolute atomic E-state index is 0.0397. The summed E-state index contributed by atoms with van der Waals surface area (Å²) in [5.74, 6) is -2.42. The maximum absolute atomic E-state index is 13.1. The molecule has 2 aromatic rings. The van der Waals surface area contributed by atoms with Gasteiger partial charge in [-0.1, -0.05) is 48.5 Å². The van der Waals surface area contributed by atoms with Crippen LogP contribution in [0.4, 0.5) is 13.6 Å². The molecule has 0 radical (unpaired) electrons. The van der Waals surface area contributed by atoms with E-state index >= 15 is 0 Å². The zero-order valence-electron chi connectivity index (χ0n) is 17.7. The van der Waals surface area contributed by atoms with Crippen LogP contribution in [0.25, 0.3) is 11.1 Å². The minimum atomic E-state index is -2.88. The van der Waals surface area contributed by atoms with Crippen molar-refractivity contribution in [3.8, 4) is 11.1 Å². The molecule has 3 N–H and O–H groups in total. The molecule has 2 aromatic carbocycles. The lowest BCUT2D eigenvalue weighted by Gasteiger charge is -2.39. The number of fused-ring (bicyclic) bond motifs is 3. The number of amides is 2. The molecule has 2 amide bonds. The average molecular weight is 458 g/mol. The molecule has 33 heavy (non-hydrogen) atoms. The van der Waals surface area contributed by atoms with E-state index in [-0.39, 0.29) is 25.4 Å². The van der Waals surface area contributed by atoms with Gasteiger partial charge in [-0.15, -0.1) is 0 Å². The number of hydrogen-bond donors (Lipinski definition) is 3. The third-order valence-electron chi connectivity index (χ3n) is 6.35. The number of nitrogens with one attached hydrogen (secondary N) is 2. The van der Waals surface area contributed by atoms with Crippen molar-refractivity contribution in [1.29, 1.82) is 0 Å². The van der Waals surface area contributed by atoms with E-state index in [1.54, 1.807) is 0 Å². The molecule has 0 aromatic heterocycles. The van der Waals surface area contributed by atoms with E-state index in [2.05, 4.69) is 10.6 Å². The lowest BCUT2D eigenvalue weighted by Crippen LogP contribution is -2.62. The number of carboxylic acids is 1. The quantitative estimate of drug-likeness (QED) is 0.560. The Morgan fingerprint density at radius 1 is 1.03 bits per heavy atom. The van der Waals surface area contributed by atoms with Crippen molar-refractivity contribution < 1.29 is 33.0 Å². The van der Waals surface area contributed by atoms with Gasteiger partial charge in [-0.3, -0.25) is 4.79 Å². The molecule has 1 saturated carbocycles. The molecule has 0 heterocycles. The van der Waals surface area contributed by atoms with Gasteiger partial charge in [-0.2, -0.15) is 0 Å². The molecule has 0 bridgehead atoms. The summed E-state index contributed by atoms with van der Waals surface area (Å²) < 4.78 is 31.4. The lowest BCUT2D eigenvalue weighted by molar-refractivity contribution is -0.152. The highest BCUT2D eigenvalue weighted by atomic mass is 19.3. The number of alkyl halides is 2. The molecule has 2 aliphatic rings. The summed E-state index contributed by atoms with van der Waals surface area (Å²) in [7, 11) is 0. The number of hydrogen-bond acceptors (Lipinski definition) is 4. The lowest BCUT2D eigenvalue weighted by atomic mass is 9.76. The number of carbonyl (C=O) groups is 3. The summed E-state index contributed by atoms with van der Waals surface area (Å²) in [5.41, 5.74) is 2.58. The third kappa shape index (κ3) is 4.53. The maximum atomic E-state index is 13.1. The van der Waals surface area contributed by atoms with Gasteiger partial charge in [0.25, 0.3) is 0 Å². The first-order chi connectivity index (χ1) is 15.8. The molecule has 1 unspecified atom stereocenters. The molecule has 1 fully saturated rings. The van der Waals surface area contributed by atoms with Gasteiger partial charge in [0.2, 0.25) is 12.3 Å². The number of carboxylic acid groups (broad SMARTS) is 1. The number of alkyl carbamates (subject to hydrolysis) is 1. The second-order valence-electron chi connectivity index (χ2n) is 8.38. The first-order valence-corrected chi connectivity index (χ1v) is 10.8. The summed E-state index contributed by atoms with van der Waals surface area (Å²) in [5, 5.41) is 13.9. The zero-order valence-corrected chi connectivity index (χ0v) is 17.7. The molecule has 2 aliphatic carbocycles. The molecule has 0 spiro atoms. The second kappa shape index (κ2) is 9.17. The maximum Gasteiger partial charge on any atom is 0.407 e. The fourth-order valence-electron chi connectivity index (χ4n) is 4.44. The van der Waals surface area contributed by atoms with Crippen molar-refractivity contribution in [2.75, 3.05) is 6.61 Å². The normalized spacial score (nSPS) is 16.8. The summed E-state index contributed by atoms with van der Waals surface area (Å²) in [4.78, 5) is 36.4. The average Bonchev–Trinajstić information content (AvgIpc) is 3.07. The van der Waals surface area contributed by atoms with Crippen LogP contribution in [0.1, 0.15) is 42.7 Å². The van der Waals surface area contributed by atoms with E-state index in [0.717, 1.165) is 22.3 Å². The summed E-state index contributed by atoms with van der Waals surface area (Å²) in [6, 6.07) is 13.9. The standard InChI is InChI=1S/C24H24F2N2O5/c25-20(26)12-19(21(29)28-24(22(30)31)10-5-11-24)27-23(32)33-13-18-16-8-3-1-6-14(16)15-7-2-4-9-17(15)18/h1-4,6-9,18-20H,5,10-13H2,(H,27,32)(H,28,29)(H,30,31). The van der Waals surface area contributed by atoms with E-state index in [4.69, 9.17) is 4.74 Å². The van der Waals surface area contributed by atoms with Gasteiger partial charge in [0, 0.05) is 12.3 Å². The van der Waals surface area contributed by atoms with E-state index < -0.39 is 42.4 Å². The Hall–Kier alpha value is -3.49. The van der Waals surface area contributed by atoms with E-state index in [1.807, 2.05) is 48.5 Å². The Balaban J connectivity index is 1.42. The molecule has 0 aliphatic heterocycles. The SMILES string of the molecule is O=C(NC(CC(F)F)C(=O)NC1(C(=O)O)CCC1)OCC1c2ccccc2-c2ccccc21. The van der Waals surface area contributed by atoms with Gasteiger partial charge >= 0.3 is 12.1 Å². The minimum Gasteiger partial charge on any atom is -0.480 e. The van der Waals surface area contributed by atoms with Crippen LogP contribution in [0.3, 0.4) is 0 Å². The fraction of sp³-hybridized carbons (Fsp3) is 0.375. The fourth-order valence-corrected chi connectivity index (χ4v) is 4.44. The monoisotopic (exact) mass is 458 g/mol. The van der Waals surface area contributed by atoms with Gasteiger partial charge in [0.05, 0.1) is 0 Å². The Morgan fingerprint density at radius 2 is 1.61 bits per heavy atom. The Labute approximate surface area is 189 Å². The summed E-state index contributed by atoms with van der Waals surface area (Å²) >= 11 is 0. The van der Waals surface area contributed by atoms with Crippen molar-refractivity contribution in [1.82, 2.24) is 10.6 Å². The number of rotatable bonds is 8. The van der Waals surface area contributed by atoms with Crippen molar-refractivity contribution in [2.45, 2.75) is 49.6 Å². The van der Waals surface area contributed by atoms with E-state index in [1.165, 1.54) is 0 Å². The van der Waals surface area contributed by atoms with Crippen molar-refractivity contribution in [3.05, 3.63) is 59.7 Å². The van der Waals surface area contributed by atoms with E-state index in [0.29, 0.717) is 6.42 Å². The van der Waals surface area contributed by atoms with Crippen LogP contribution < -0.4 is 10.6 Å². The molecular weight excluding hydrogens is 434 g/mol. The Morgan fingerprint density at radius 3 is 2.09 bits per heavy atom. The molecule has 1 atom stereocenters. The number of benzene rings is 2. The Kier molecular flexibility index (Phi) is 6.31. The smallest absolute Gasteiger partial charge is 0.407 e. The van der Waals surface area contributed by atoms with Crippen LogP contribution in [0.15, 0.2) is 48.5 Å². The van der Waals surface area contributed by atoms with Gasteiger partial charge < -0.3 is 20.5 Å². The summed E-state index contributed by atoms with van der Waals surface area (Å²) in [6.45, 7) is -0.0397. The van der Waals surface area contributed by atoms with Crippen molar-refractivity contribution in [2.24, 2.45) is 0 Å². The molecule has 0 saturated heterocycles.